The maximum atomic E-state index is 12.2. The highest BCUT2D eigenvalue weighted by Crippen LogP contribution is 2.28. The normalized spacial score (nSPS) is 21.8. The topological polar surface area (TPSA) is 66.8 Å². The van der Waals surface area contributed by atoms with Crippen molar-refractivity contribution in [3.63, 3.8) is 0 Å². The van der Waals surface area contributed by atoms with Crippen LogP contribution >= 0.6 is 11.8 Å². The van der Waals surface area contributed by atoms with Gasteiger partial charge in [0, 0.05) is 6.54 Å². The summed E-state index contributed by atoms with van der Waals surface area (Å²) < 4.78 is 28.3. The molecule has 1 aliphatic rings. The Morgan fingerprint density at radius 1 is 1.30 bits per heavy atom. The number of amidine groups is 1. The van der Waals surface area contributed by atoms with Gasteiger partial charge in [0.25, 0.3) is 10.0 Å². The van der Waals surface area contributed by atoms with Crippen LogP contribution in [0.4, 0.5) is 0 Å². The highest BCUT2D eigenvalue weighted by Gasteiger charge is 2.35. The Morgan fingerprint density at radius 2 is 1.90 bits per heavy atom. The minimum Gasteiger partial charge on any atom is -0.290 e. The zero-order valence-electron chi connectivity index (χ0n) is 11.5. The fourth-order valence-electron chi connectivity index (χ4n) is 1.81. The summed E-state index contributed by atoms with van der Waals surface area (Å²) in [5.41, 5.74) is 0.978. The molecule has 7 heteroatoms. The Morgan fingerprint density at radius 3 is 2.45 bits per heavy atom. The number of carbonyl (C=O) groups excluding carboxylic acids is 1. The Labute approximate surface area is 123 Å². The zero-order chi connectivity index (χ0) is 14.9. The third kappa shape index (κ3) is 2.88. The van der Waals surface area contributed by atoms with E-state index in [0.29, 0.717) is 6.54 Å². The van der Waals surface area contributed by atoms with E-state index in [1.54, 1.807) is 26.0 Å². The predicted octanol–water partition coefficient (Wildman–Crippen LogP) is 2.02. The fraction of sp³-hybridized carbons (Fsp3) is 0.385. The Kier molecular flexibility index (Phi) is 4.19. The average molecular weight is 312 g/mol. The number of hydrogen-bond donors (Lipinski definition) is 0. The fourth-order valence-corrected chi connectivity index (χ4v) is 4.06. The van der Waals surface area contributed by atoms with Crippen LogP contribution in [0.5, 0.6) is 0 Å². The van der Waals surface area contributed by atoms with E-state index in [1.807, 2.05) is 6.92 Å². The van der Waals surface area contributed by atoms with Gasteiger partial charge in [0.2, 0.25) is 5.91 Å². The lowest BCUT2D eigenvalue weighted by Crippen LogP contribution is -2.31. The molecule has 108 valence electrons. The first kappa shape index (κ1) is 15.1. The first-order valence-corrected chi connectivity index (χ1v) is 8.57. The van der Waals surface area contributed by atoms with Crippen molar-refractivity contribution in [1.82, 2.24) is 4.90 Å². The molecule has 0 aliphatic carbocycles. The molecule has 1 saturated heterocycles. The first-order chi connectivity index (χ1) is 9.35. The first-order valence-electron chi connectivity index (χ1n) is 6.25. The molecule has 1 amide bonds. The maximum absolute atomic E-state index is 12.2. The average Bonchev–Trinajstić information content (AvgIpc) is 2.64. The molecule has 0 N–H and O–H groups in total. The Hall–Kier alpha value is -1.34. The number of rotatable bonds is 3. The van der Waals surface area contributed by atoms with Crippen LogP contribution in [-0.2, 0) is 14.8 Å². The van der Waals surface area contributed by atoms with Gasteiger partial charge in [0.15, 0.2) is 5.17 Å². The smallest absolute Gasteiger partial charge is 0.284 e. The molecule has 1 aromatic carbocycles. The van der Waals surface area contributed by atoms with Crippen molar-refractivity contribution < 1.29 is 13.2 Å². The van der Waals surface area contributed by atoms with Crippen molar-refractivity contribution in [3.8, 4) is 0 Å². The molecule has 0 spiro atoms. The van der Waals surface area contributed by atoms with E-state index in [4.69, 9.17) is 0 Å². The molecule has 1 unspecified atom stereocenters. The van der Waals surface area contributed by atoms with Crippen molar-refractivity contribution >= 4 is 32.9 Å². The highest BCUT2D eigenvalue weighted by molar-refractivity contribution is 8.16. The molecule has 0 bridgehead atoms. The molecule has 20 heavy (non-hydrogen) atoms. The molecule has 0 saturated carbocycles. The summed E-state index contributed by atoms with van der Waals surface area (Å²) >= 11 is 1.18. The van der Waals surface area contributed by atoms with Gasteiger partial charge in [-0.15, -0.1) is 4.40 Å². The summed E-state index contributed by atoms with van der Waals surface area (Å²) in [5, 5.41) is -0.0347. The summed E-state index contributed by atoms with van der Waals surface area (Å²) in [6.45, 7) is 5.84. The van der Waals surface area contributed by atoms with Gasteiger partial charge >= 0.3 is 0 Å². The molecule has 1 atom stereocenters. The summed E-state index contributed by atoms with van der Waals surface area (Å²) in [5.74, 6) is -0.102. The third-order valence-corrected chi connectivity index (χ3v) is 5.43. The molecule has 2 rings (SSSR count). The predicted molar refractivity (Wildman–Crippen MR) is 80.2 cm³/mol. The highest BCUT2D eigenvalue weighted by atomic mass is 32.2. The van der Waals surface area contributed by atoms with Crippen molar-refractivity contribution in [2.75, 3.05) is 6.54 Å². The largest absolute Gasteiger partial charge is 0.290 e. The molecule has 0 radical (unpaired) electrons. The monoisotopic (exact) mass is 312 g/mol. The second kappa shape index (κ2) is 5.57. The van der Waals surface area contributed by atoms with E-state index in [-0.39, 0.29) is 21.2 Å². The van der Waals surface area contributed by atoms with E-state index in [0.717, 1.165) is 5.56 Å². The van der Waals surface area contributed by atoms with Gasteiger partial charge in [-0.05, 0) is 32.9 Å². The van der Waals surface area contributed by atoms with Crippen molar-refractivity contribution in [3.05, 3.63) is 29.8 Å². The molecular formula is C13H16N2O3S2. The van der Waals surface area contributed by atoms with Crippen molar-refractivity contribution in [2.24, 2.45) is 4.40 Å². The number of nitrogens with zero attached hydrogens (tertiary/aromatic N) is 2. The second-order valence-electron chi connectivity index (χ2n) is 4.50. The molecular weight excluding hydrogens is 296 g/mol. The summed E-state index contributed by atoms with van der Waals surface area (Å²) in [6.07, 6.45) is 0. The van der Waals surface area contributed by atoms with Gasteiger partial charge < -0.3 is 0 Å². The lowest BCUT2D eigenvalue weighted by atomic mass is 10.2. The van der Waals surface area contributed by atoms with Crippen molar-refractivity contribution in [2.45, 2.75) is 30.9 Å². The van der Waals surface area contributed by atoms with Crippen LogP contribution in [0.1, 0.15) is 19.4 Å². The van der Waals surface area contributed by atoms with Crippen LogP contribution in [0.2, 0.25) is 0 Å². The van der Waals surface area contributed by atoms with Gasteiger partial charge in [-0.2, -0.15) is 8.42 Å². The number of aryl methyl sites for hydroxylation is 1. The van der Waals surface area contributed by atoms with E-state index >= 15 is 0 Å². The molecule has 1 aliphatic heterocycles. The number of sulfonamides is 1. The minimum absolute atomic E-state index is 0.102. The lowest BCUT2D eigenvalue weighted by Gasteiger charge is -2.12. The van der Waals surface area contributed by atoms with E-state index in [9.17, 15) is 13.2 Å². The third-order valence-electron chi connectivity index (χ3n) is 2.96. The van der Waals surface area contributed by atoms with Crippen LogP contribution in [0, 0.1) is 6.92 Å². The lowest BCUT2D eigenvalue weighted by molar-refractivity contribution is -0.125. The van der Waals surface area contributed by atoms with Crippen LogP contribution in [0.25, 0.3) is 0 Å². The van der Waals surface area contributed by atoms with Gasteiger partial charge in [-0.1, -0.05) is 29.5 Å². The van der Waals surface area contributed by atoms with Gasteiger partial charge in [0.1, 0.15) is 0 Å². The maximum Gasteiger partial charge on any atom is 0.284 e. The van der Waals surface area contributed by atoms with E-state index < -0.39 is 10.0 Å². The minimum atomic E-state index is -3.78. The molecule has 0 aromatic heterocycles. The summed E-state index contributed by atoms with van der Waals surface area (Å²) in [4.78, 5) is 13.4. The zero-order valence-corrected chi connectivity index (χ0v) is 13.2. The van der Waals surface area contributed by atoms with E-state index in [2.05, 4.69) is 4.40 Å². The second-order valence-corrected chi connectivity index (χ2v) is 7.42. The summed E-state index contributed by atoms with van der Waals surface area (Å²) in [7, 11) is -3.78. The number of benzene rings is 1. The number of carbonyl (C=O) groups is 1. The molecule has 1 heterocycles. The Bertz CT molecular complexity index is 651. The SMILES string of the molecule is CCN1C(=O)C(C)SC1=NS(=O)(=O)c1ccc(C)cc1. The van der Waals surface area contributed by atoms with Crippen LogP contribution < -0.4 is 0 Å². The van der Waals surface area contributed by atoms with Gasteiger partial charge in [-0.3, -0.25) is 9.69 Å². The van der Waals surface area contributed by atoms with Crippen LogP contribution in [0.3, 0.4) is 0 Å². The quantitative estimate of drug-likeness (QED) is 0.856. The summed E-state index contributed by atoms with van der Waals surface area (Å²) in [6, 6.07) is 6.49. The molecule has 1 aromatic rings. The van der Waals surface area contributed by atoms with Gasteiger partial charge in [-0.25, -0.2) is 0 Å². The number of hydrogen-bond acceptors (Lipinski definition) is 4. The van der Waals surface area contributed by atoms with Crippen LogP contribution in [-0.4, -0.2) is 36.2 Å². The van der Waals surface area contributed by atoms with Crippen LogP contribution in [0.15, 0.2) is 33.6 Å². The number of amides is 1. The van der Waals surface area contributed by atoms with Crippen molar-refractivity contribution in [1.29, 1.82) is 0 Å². The molecule has 5 nitrogen and oxygen atoms in total. The van der Waals surface area contributed by atoms with E-state index in [1.165, 1.54) is 28.8 Å². The number of thioether (sulfide) groups is 1. The van der Waals surface area contributed by atoms with Gasteiger partial charge in [0.05, 0.1) is 10.1 Å². The Balaban J connectivity index is 2.38. The standard InChI is InChI=1S/C13H16N2O3S2/c1-4-15-12(16)10(3)19-13(15)14-20(17,18)11-7-5-9(2)6-8-11/h5-8,10H,4H2,1-3H3. The molecule has 1 fully saturated rings.